The van der Waals surface area contributed by atoms with Crippen molar-refractivity contribution in [2.45, 2.75) is 19.3 Å². The predicted molar refractivity (Wildman–Crippen MR) is 69.3 cm³/mol. The van der Waals surface area contributed by atoms with Gasteiger partial charge in [-0.1, -0.05) is 23.7 Å². The zero-order valence-corrected chi connectivity index (χ0v) is 10.7. The van der Waals surface area contributed by atoms with Crippen molar-refractivity contribution < 1.29 is 9.84 Å². The molecule has 1 fully saturated rings. The topological polar surface area (TPSA) is 29.5 Å². The van der Waals surface area contributed by atoms with Crippen LogP contribution in [-0.2, 0) is 11.2 Å². The third-order valence-electron chi connectivity index (χ3n) is 3.10. The number of aliphatic hydroxyl groups is 1. The van der Waals surface area contributed by atoms with Crippen molar-refractivity contribution in [3.63, 3.8) is 0 Å². The first-order chi connectivity index (χ1) is 8.28. The molecule has 2 nitrogen and oxygen atoms in total. The zero-order valence-electron chi connectivity index (χ0n) is 9.94. The molecule has 1 aromatic carbocycles. The van der Waals surface area contributed by atoms with Crippen LogP contribution in [0, 0.1) is 11.8 Å². The van der Waals surface area contributed by atoms with Gasteiger partial charge in [0.15, 0.2) is 0 Å². The largest absolute Gasteiger partial charge is 0.396 e. The summed E-state index contributed by atoms with van der Waals surface area (Å²) in [5, 5.41) is 10.1. The number of benzene rings is 1. The van der Waals surface area contributed by atoms with Crippen molar-refractivity contribution in [3.05, 3.63) is 34.9 Å². The van der Waals surface area contributed by atoms with Gasteiger partial charge in [-0.15, -0.1) is 0 Å². The first kappa shape index (κ1) is 12.9. The fourth-order valence-corrected chi connectivity index (χ4v) is 1.94. The Bertz CT molecular complexity index is 333. The number of aliphatic hydroxyl groups excluding tert-OH is 1. The number of rotatable bonds is 7. The standard InChI is InChI=1S/C14H19ClO2/c15-14-5-3-11(4-6-14)7-13(8-16)10-17-9-12-1-2-12/h3-6,12-13,16H,1-2,7-10H2. The number of hydrogen-bond donors (Lipinski definition) is 1. The molecule has 0 amide bonds. The van der Waals surface area contributed by atoms with Gasteiger partial charge in [-0.3, -0.25) is 0 Å². The van der Waals surface area contributed by atoms with Crippen LogP contribution in [0.15, 0.2) is 24.3 Å². The predicted octanol–water partition coefficient (Wildman–Crippen LogP) is 2.92. The van der Waals surface area contributed by atoms with E-state index in [1.807, 2.05) is 24.3 Å². The molecule has 1 aliphatic rings. The van der Waals surface area contributed by atoms with E-state index in [-0.39, 0.29) is 12.5 Å². The second-order valence-corrected chi connectivity index (χ2v) is 5.30. The van der Waals surface area contributed by atoms with E-state index in [1.165, 1.54) is 18.4 Å². The Hall–Kier alpha value is -0.570. The van der Waals surface area contributed by atoms with Crippen molar-refractivity contribution in [2.75, 3.05) is 19.8 Å². The summed E-state index contributed by atoms with van der Waals surface area (Å²) in [6.07, 6.45) is 3.46. The summed E-state index contributed by atoms with van der Waals surface area (Å²) in [6.45, 7) is 1.68. The van der Waals surface area contributed by atoms with Crippen LogP contribution in [0.25, 0.3) is 0 Å². The molecule has 1 atom stereocenters. The molecular formula is C14H19ClO2. The van der Waals surface area contributed by atoms with Crippen molar-refractivity contribution >= 4 is 11.6 Å². The van der Waals surface area contributed by atoms with E-state index in [2.05, 4.69) is 0 Å². The maximum absolute atomic E-state index is 9.32. The van der Waals surface area contributed by atoms with Crippen molar-refractivity contribution in [3.8, 4) is 0 Å². The lowest BCUT2D eigenvalue weighted by molar-refractivity contribution is 0.0669. The molecule has 0 spiro atoms. The second kappa shape index (κ2) is 6.39. The molecule has 0 heterocycles. The Morgan fingerprint density at radius 2 is 2.00 bits per heavy atom. The zero-order chi connectivity index (χ0) is 12.1. The van der Waals surface area contributed by atoms with Gasteiger partial charge in [0.05, 0.1) is 6.61 Å². The van der Waals surface area contributed by atoms with E-state index in [1.54, 1.807) is 0 Å². The third kappa shape index (κ3) is 4.66. The Morgan fingerprint density at radius 3 is 2.59 bits per heavy atom. The molecule has 0 radical (unpaired) electrons. The van der Waals surface area contributed by atoms with E-state index < -0.39 is 0 Å². The molecule has 1 unspecified atom stereocenters. The van der Waals surface area contributed by atoms with Crippen molar-refractivity contribution in [2.24, 2.45) is 11.8 Å². The quantitative estimate of drug-likeness (QED) is 0.811. The number of hydrogen-bond acceptors (Lipinski definition) is 2. The average molecular weight is 255 g/mol. The van der Waals surface area contributed by atoms with Crippen LogP contribution in [-0.4, -0.2) is 24.9 Å². The lowest BCUT2D eigenvalue weighted by atomic mass is 10.0. The van der Waals surface area contributed by atoms with E-state index in [9.17, 15) is 5.11 Å². The molecule has 1 aromatic rings. The monoisotopic (exact) mass is 254 g/mol. The summed E-state index contributed by atoms with van der Waals surface area (Å²) in [6, 6.07) is 7.78. The highest BCUT2D eigenvalue weighted by atomic mass is 35.5. The fraction of sp³-hybridized carbons (Fsp3) is 0.571. The van der Waals surface area contributed by atoms with E-state index >= 15 is 0 Å². The summed E-state index contributed by atoms with van der Waals surface area (Å²) >= 11 is 5.83. The van der Waals surface area contributed by atoms with Crippen LogP contribution >= 0.6 is 11.6 Å². The normalized spacial score (nSPS) is 17.1. The molecule has 3 heteroatoms. The maximum Gasteiger partial charge on any atom is 0.0519 e. The molecule has 1 N–H and O–H groups in total. The Balaban J connectivity index is 1.74. The minimum Gasteiger partial charge on any atom is -0.396 e. The van der Waals surface area contributed by atoms with Crippen LogP contribution in [0.2, 0.25) is 5.02 Å². The van der Waals surface area contributed by atoms with Gasteiger partial charge in [-0.25, -0.2) is 0 Å². The number of ether oxygens (including phenoxy) is 1. The molecule has 94 valence electrons. The molecule has 17 heavy (non-hydrogen) atoms. The summed E-state index contributed by atoms with van der Waals surface area (Å²) < 4.78 is 5.62. The lowest BCUT2D eigenvalue weighted by Gasteiger charge is -2.14. The molecule has 0 bridgehead atoms. The molecular weight excluding hydrogens is 236 g/mol. The minimum atomic E-state index is 0.174. The Labute approximate surface area is 108 Å². The third-order valence-corrected chi connectivity index (χ3v) is 3.35. The van der Waals surface area contributed by atoms with Gasteiger partial charge in [0.1, 0.15) is 0 Å². The fourth-order valence-electron chi connectivity index (χ4n) is 1.82. The van der Waals surface area contributed by atoms with Gasteiger partial charge >= 0.3 is 0 Å². The minimum absolute atomic E-state index is 0.174. The van der Waals surface area contributed by atoms with Gasteiger partial charge < -0.3 is 9.84 Å². The Morgan fingerprint density at radius 1 is 1.29 bits per heavy atom. The summed E-state index contributed by atoms with van der Waals surface area (Å²) in [5.74, 6) is 0.972. The first-order valence-electron chi connectivity index (χ1n) is 6.21. The average Bonchev–Trinajstić information content (AvgIpc) is 3.14. The molecule has 0 aliphatic heterocycles. The summed E-state index contributed by atoms with van der Waals surface area (Å²) in [5.41, 5.74) is 1.20. The molecule has 1 aliphatic carbocycles. The van der Waals surface area contributed by atoms with Crippen LogP contribution in [0.4, 0.5) is 0 Å². The van der Waals surface area contributed by atoms with E-state index in [4.69, 9.17) is 16.3 Å². The van der Waals surface area contributed by atoms with Crippen LogP contribution < -0.4 is 0 Å². The highest BCUT2D eigenvalue weighted by Crippen LogP contribution is 2.29. The smallest absolute Gasteiger partial charge is 0.0519 e. The maximum atomic E-state index is 9.32. The van der Waals surface area contributed by atoms with E-state index in [0.29, 0.717) is 6.61 Å². The summed E-state index contributed by atoms with van der Waals surface area (Å²) in [4.78, 5) is 0. The molecule has 1 saturated carbocycles. The Kier molecular flexibility index (Phi) is 4.84. The van der Waals surface area contributed by atoms with Crippen molar-refractivity contribution in [1.82, 2.24) is 0 Å². The lowest BCUT2D eigenvalue weighted by Crippen LogP contribution is -2.17. The number of halogens is 1. The second-order valence-electron chi connectivity index (χ2n) is 4.86. The molecule has 0 saturated heterocycles. The highest BCUT2D eigenvalue weighted by molar-refractivity contribution is 6.30. The van der Waals surface area contributed by atoms with E-state index in [0.717, 1.165) is 24.0 Å². The molecule has 2 rings (SSSR count). The molecule has 0 aromatic heterocycles. The van der Waals surface area contributed by atoms with Gasteiger partial charge in [0.25, 0.3) is 0 Å². The van der Waals surface area contributed by atoms with Gasteiger partial charge in [-0.2, -0.15) is 0 Å². The van der Waals surface area contributed by atoms with Gasteiger partial charge in [0.2, 0.25) is 0 Å². The van der Waals surface area contributed by atoms with Crippen LogP contribution in [0.1, 0.15) is 18.4 Å². The highest BCUT2D eigenvalue weighted by Gasteiger charge is 2.21. The van der Waals surface area contributed by atoms with Crippen LogP contribution in [0.3, 0.4) is 0 Å². The van der Waals surface area contributed by atoms with Crippen molar-refractivity contribution in [1.29, 1.82) is 0 Å². The van der Waals surface area contributed by atoms with Gasteiger partial charge in [-0.05, 0) is 42.9 Å². The van der Waals surface area contributed by atoms with Gasteiger partial charge in [0, 0.05) is 24.2 Å². The van der Waals surface area contributed by atoms with Crippen LogP contribution in [0.5, 0.6) is 0 Å². The first-order valence-corrected chi connectivity index (χ1v) is 6.58. The SMILES string of the molecule is OCC(COCC1CC1)Cc1ccc(Cl)cc1. The summed E-state index contributed by atoms with van der Waals surface area (Å²) in [7, 11) is 0.